The fraction of sp³-hybridized carbons (Fsp3) is 0.375. The number of carboxylic acid groups (broad SMARTS) is 2. The van der Waals surface area contributed by atoms with Gasteiger partial charge in [-0.2, -0.15) is 0 Å². The summed E-state index contributed by atoms with van der Waals surface area (Å²) < 4.78 is 12.9. The van der Waals surface area contributed by atoms with Crippen molar-refractivity contribution in [3.05, 3.63) is 48.6 Å². The average molecular weight is 340 g/mol. The summed E-state index contributed by atoms with van der Waals surface area (Å²) in [4.78, 5) is 32.6. The van der Waals surface area contributed by atoms with Gasteiger partial charge >= 0.3 is 11.9 Å². The minimum Gasteiger partial charge on any atom is -0.481 e. The first-order valence-corrected chi connectivity index (χ1v) is 8.95. The highest BCUT2D eigenvalue weighted by atomic mass is 31.2. The van der Waals surface area contributed by atoms with Crippen molar-refractivity contribution in [3.8, 4) is 0 Å². The zero-order valence-electron chi connectivity index (χ0n) is 12.8. The minimum atomic E-state index is -3.98. The lowest BCUT2D eigenvalue weighted by atomic mass is 10.0. The molecule has 0 amide bonds. The van der Waals surface area contributed by atoms with Crippen LogP contribution in [0.4, 0.5) is 0 Å². The van der Waals surface area contributed by atoms with Crippen molar-refractivity contribution in [3.63, 3.8) is 0 Å². The Morgan fingerprint density at radius 1 is 1.26 bits per heavy atom. The van der Waals surface area contributed by atoms with Crippen LogP contribution in [0.5, 0.6) is 0 Å². The van der Waals surface area contributed by atoms with E-state index in [2.05, 4.69) is 6.58 Å². The van der Waals surface area contributed by atoms with E-state index in [9.17, 15) is 24.2 Å². The molecular weight excluding hydrogens is 319 g/mol. The lowest BCUT2D eigenvalue weighted by Crippen LogP contribution is -2.28. The molecule has 6 nitrogen and oxygen atoms in total. The largest absolute Gasteiger partial charge is 0.481 e. The SMILES string of the molecule is C=CC(c1ccccc1)P(=O)(O)C(C)C(CCC(=O)O)C(=O)O. The summed E-state index contributed by atoms with van der Waals surface area (Å²) in [5.41, 5.74) is -1.42. The van der Waals surface area contributed by atoms with Crippen LogP contribution in [-0.2, 0) is 14.2 Å². The van der Waals surface area contributed by atoms with Crippen molar-refractivity contribution in [1.29, 1.82) is 0 Å². The number of hydrogen-bond acceptors (Lipinski definition) is 3. The number of carbonyl (C=O) groups is 2. The Morgan fingerprint density at radius 2 is 1.83 bits per heavy atom. The quantitative estimate of drug-likeness (QED) is 0.470. The number of rotatable bonds is 9. The van der Waals surface area contributed by atoms with E-state index < -0.39 is 36.5 Å². The highest BCUT2D eigenvalue weighted by Crippen LogP contribution is 2.62. The summed E-state index contributed by atoms with van der Waals surface area (Å²) in [6.45, 7) is 4.97. The Balaban J connectivity index is 3.11. The van der Waals surface area contributed by atoms with E-state index >= 15 is 0 Å². The first kappa shape index (κ1) is 19.1. The van der Waals surface area contributed by atoms with Crippen molar-refractivity contribution in [2.24, 2.45) is 5.92 Å². The molecule has 3 N–H and O–H groups in total. The monoisotopic (exact) mass is 340 g/mol. The van der Waals surface area contributed by atoms with Gasteiger partial charge in [-0.3, -0.25) is 14.2 Å². The van der Waals surface area contributed by atoms with Crippen LogP contribution in [0.2, 0.25) is 0 Å². The van der Waals surface area contributed by atoms with Gasteiger partial charge in [-0.15, -0.1) is 6.58 Å². The lowest BCUT2D eigenvalue weighted by molar-refractivity contribution is -0.143. The standard InChI is InChI=1S/C16H21O6P/c1-3-14(12-7-5-4-6-8-12)23(21,22)11(2)13(16(19)20)9-10-15(17)18/h3-8,11,13-14H,1,9-10H2,2H3,(H,17,18)(H,19,20)(H,21,22). The Morgan fingerprint density at radius 3 is 2.26 bits per heavy atom. The predicted molar refractivity (Wildman–Crippen MR) is 86.7 cm³/mol. The molecule has 126 valence electrons. The second-order valence-corrected chi connectivity index (χ2v) is 8.10. The molecule has 4 unspecified atom stereocenters. The summed E-state index contributed by atoms with van der Waals surface area (Å²) in [7, 11) is -3.98. The number of allylic oxidation sites excluding steroid dienone is 1. The molecule has 0 aliphatic rings. The van der Waals surface area contributed by atoms with Gasteiger partial charge in [0, 0.05) is 12.1 Å². The molecule has 1 rings (SSSR count). The molecule has 0 bridgehead atoms. The molecule has 0 saturated heterocycles. The van der Waals surface area contributed by atoms with Gasteiger partial charge in [-0.05, 0) is 12.0 Å². The van der Waals surface area contributed by atoms with E-state index in [1.807, 2.05) is 0 Å². The van der Waals surface area contributed by atoms with Crippen LogP contribution in [0.25, 0.3) is 0 Å². The molecule has 0 aliphatic carbocycles. The molecule has 0 aromatic heterocycles. The molecule has 0 radical (unpaired) electrons. The minimum absolute atomic E-state index is 0.199. The van der Waals surface area contributed by atoms with E-state index in [0.29, 0.717) is 5.56 Å². The van der Waals surface area contributed by atoms with Crippen LogP contribution in [0.3, 0.4) is 0 Å². The maximum atomic E-state index is 12.9. The molecular formula is C16H21O6P. The van der Waals surface area contributed by atoms with Gasteiger partial charge in [-0.1, -0.05) is 43.3 Å². The molecule has 1 aromatic rings. The summed E-state index contributed by atoms with van der Waals surface area (Å²) in [5.74, 6) is -3.63. The van der Waals surface area contributed by atoms with E-state index in [4.69, 9.17) is 5.11 Å². The second kappa shape index (κ2) is 8.09. The first-order chi connectivity index (χ1) is 10.7. The van der Waals surface area contributed by atoms with E-state index in [0.717, 1.165) is 0 Å². The van der Waals surface area contributed by atoms with Crippen molar-refractivity contribution < 1.29 is 29.3 Å². The number of aliphatic carboxylic acids is 2. The van der Waals surface area contributed by atoms with Crippen molar-refractivity contribution in [2.75, 3.05) is 0 Å². The molecule has 0 heterocycles. The third-order valence-electron chi connectivity index (χ3n) is 3.92. The normalized spacial score (nSPS) is 17.5. The summed E-state index contributed by atoms with van der Waals surface area (Å²) >= 11 is 0. The Hall–Kier alpha value is -1.91. The Kier molecular flexibility index (Phi) is 6.73. The van der Waals surface area contributed by atoms with Crippen LogP contribution in [0.1, 0.15) is 31.0 Å². The van der Waals surface area contributed by atoms with E-state index in [1.54, 1.807) is 30.3 Å². The third kappa shape index (κ3) is 4.78. The summed E-state index contributed by atoms with van der Waals surface area (Å²) in [6.07, 6.45) is 0.767. The highest BCUT2D eigenvalue weighted by Gasteiger charge is 2.42. The number of benzene rings is 1. The molecule has 0 saturated carbocycles. The molecule has 4 atom stereocenters. The predicted octanol–water partition coefficient (Wildman–Crippen LogP) is 3.14. The highest BCUT2D eigenvalue weighted by molar-refractivity contribution is 7.59. The van der Waals surface area contributed by atoms with Crippen LogP contribution in [0.15, 0.2) is 43.0 Å². The van der Waals surface area contributed by atoms with Gasteiger partial charge in [-0.25, -0.2) is 0 Å². The summed E-state index contributed by atoms with van der Waals surface area (Å²) in [6, 6.07) is 8.55. The third-order valence-corrected chi connectivity index (χ3v) is 6.75. The maximum absolute atomic E-state index is 12.9. The molecule has 1 aromatic carbocycles. The van der Waals surface area contributed by atoms with Gasteiger partial charge in [0.2, 0.25) is 7.37 Å². The van der Waals surface area contributed by atoms with Crippen LogP contribution in [-0.4, -0.2) is 32.7 Å². The fourth-order valence-electron chi connectivity index (χ4n) is 2.51. The second-order valence-electron chi connectivity index (χ2n) is 5.38. The molecule has 0 fully saturated rings. The van der Waals surface area contributed by atoms with Gasteiger partial charge in [0.15, 0.2) is 0 Å². The van der Waals surface area contributed by atoms with E-state index in [1.165, 1.54) is 13.0 Å². The van der Waals surface area contributed by atoms with Crippen LogP contribution >= 0.6 is 7.37 Å². The molecule has 0 spiro atoms. The topological polar surface area (TPSA) is 112 Å². The van der Waals surface area contributed by atoms with Gasteiger partial charge in [0.1, 0.15) is 0 Å². The zero-order chi connectivity index (χ0) is 17.6. The number of hydrogen-bond donors (Lipinski definition) is 3. The fourth-order valence-corrected chi connectivity index (χ4v) is 4.71. The smallest absolute Gasteiger partial charge is 0.307 e. The van der Waals surface area contributed by atoms with E-state index in [-0.39, 0.29) is 12.8 Å². The Bertz CT molecular complexity index is 612. The lowest BCUT2D eigenvalue weighted by Gasteiger charge is -2.29. The summed E-state index contributed by atoms with van der Waals surface area (Å²) in [5, 5.41) is 18.0. The number of carboxylic acids is 2. The van der Waals surface area contributed by atoms with Crippen LogP contribution < -0.4 is 0 Å². The molecule has 23 heavy (non-hydrogen) atoms. The average Bonchev–Trinajstić information content (AvgIpc) is 2.48. The van der Waals surface area contributed by atoms with Crippen molar-refractivity contribution in [1.82, 2.24) is 0 Å². The zero-order valence-corrected chi connectivity index (χ0v) is 13.7. The van der Waals surface area contributed by atoms with Crippen LogP contribution in [0, 0.1) is 5.92 Å². The van der Waals surface area contributed by atoms with Crippen molar-refractivity contribution in [2.45, 2.75) is 31.1 Å². The molecule has 0 aliphatic heterocycles. The van der Waals surface area contributed by atoms with Crippen molar-refractivity contribution >= 4 is 19.3 Å². The first-order valence-electron chi connectivity index (χ1n) is 7.16. The maximum Gasteiger partial charge on any atom is 0.307 e. The van der Waals surface area contributed by atoms with Gasteiger partial charge < -0.3 is 15.1 Å². The van der Waals surface area contributed by atoms with Gasteiger partial charge in [0.05, 0.1) is 11.6 Å². The Labute approximate surface area is 134 Å². The van der Waals surface area contributed by atoms with Gasteiger partial charge in [0.25, 0.3) is 0 Å². The molecule has 7 heteroatoms.